The van der Waals surface area contributed by atoms with Gasteiger partial charge in [-0.2, -0.15) is 0 Å². The SMILES string of the molecule is C[Si](C)(CBr)OCc1ccc(F)c(F)c1. The Morgan fingerprint density at radius 1 is 1.27 bits per heavy atom. The van der Waals surface area contributed by atoms with E-state index in [0.29, 0.717) is 12.2 Å². The molecule has 0 saturated carbocycles. The molecule has 1 aromatic carbocycles. The minimum absolute atomic E-state index is 0.335. The van der Waals surface area contributed by atoms with Crippen molar-refractivity contribution in [2.75, 3.05) is 4.95 Å². The molecule has 0 bridgehead atoms. The van der Waals surface area contributed by atoms with Crippen LogP contribution in [-0.4, -0.2) is 13.3 Å². The molecule has 1 aromatic rings. The van der Waals surface area contributed by atoms with Crippen LogP contribution in [-0.2, 0) is 11.0 Å². The number of hydrogen-bond donors (Lipinski definition) is 0. The van der Waals surface area contributed by atoms with E-state index in [0.717, 1.165) is 11.0 Å². The summed E-state index contributed by atoms with van der Waals surface area (Å²) in [7, 11) is -1.69. The van der Waals surface area contributed by atoms with Crippen LogP contribution in [0.25, 0.3) is 0 Å². The van der Waals surface area contributed by atoms with Crippen LogP contribution in [0, 0.1) is 11.6 Å². The lowest BCUT2D eigenvalue weighted by atomic mass is 10.2. The van der Waals surface area contributed by atoms with Gasteiger partial charge in [-0.25, -0.2) is 8.78 Å². The summed E-state index contributed by atoms with van der Waals surface area (Å²) in [6.07, 6.45) is 0. The second-order valence-corrected chi connectivity index (χ2v) is 9.69. The Hall–Kier alpha value is -0.263. The van der Waals surface area contributed by atoms with Crippen LogP contribution in [0.15, 0.2) is 18.2 Å². The van der Waals surface area contributed by atoms with Gasteiger partial charge in [0.05, 0.1) is 6.61 Å². The monoisotopic (exact) mass is 294 g/mol. The van der Waals surface area contributed by atoms with Gasteiger partial charge in [-0.05, 0) is 30.8 Å². The van der Waals surface area contributed by atoms with Crippen molar-refractivity contribution >= 4 is 24.2 Å². The molecule has 0 saturated heterocycles. The molecule has 0 radical (unpaired) electrons. The van der Waals surface area contributed by atoms with E-state index in [1.165, 1.54) is 12.1 Å². The smallest absolute Gasteiger partial charge is 0.197 e. The normalized spacial score (nSPS) is 11.8. The van der Waals surface area contributed by atoms with Crippen molar-refractivity contribution in [1.82, 2.24) is 0 Å². The van der Waals surface area contributed by atoms with Gasteiger partial charge in [-0.15, -0.1) is 0 Å². The zero-order valence-electron chi connectivity index (χ0n) is 8.69. The fourth-order valence-corrected chi connectivity index (χ4v) is 2.07. The topological polar surface area (TPSA) is 9.23 Å². The second-order valence-electron chi connectivity index (χ2n) is 3.93. The fraction of sp³-hybridized carbons (Fsp3) is 0.400. The minimum atomic E-state index is -1.69. The first-order valence-corrected chi connectivity index (χ1v) is 8.82. The highest BCUT2D eigenvalue weighted by molar-refractivity contribution is 9.09. The minimum Gasteiger partial charge on any atom is -0.412 e. The van der Waals surface area contributed by atoms with Gasteiger partial charge >= 0.3 is 0 Å². The molecule has 0 spiro atoms. The zero-order chi connectivity index (χ0) is 11.5. The maximum Gasteiger partial charge on any atom is 0.197 e. The van der Waals surface area contributed by atoms with E-state index in [9.17, 15) is 8.78 Å². The Bertz CT molecular complexity index is 344. The highest BCUT2D eigenvalue weighted by Gasteiger charge is 2.20. The molecule has 0 unspecified atom stereocenters. The molecule has 0 heterocycles. The molecule has 0 atom stereocenters. The summed E-state index contributed by atoms with van der Waals surface area (Å²) in [6.45, 7) is 4.45. The van der Waals surface area contributed by atoms with E-state index < -0.39 is 20.0 Å². The first kappa shape index (κ1) is 12.8. The molecular formula is C10H13BrF2OSi. The molecule has 0 aromatic heterocycles. The third kappa shape index (κ3) is 4.00. The third-order valence-electron chi connectivity index (χ3n) is 1.94. The maximum atomic E-state index is 12.9. The van der Waals surface area contributed by atoms with Crippen LogP contribution in [0.3, 0.4) is 0 Å². The van der Waals surface area contributed by atoms with E-state index in [4.69, 9.17) is 4.43 Å². The quantitative estimate of drug-likeness (QED) is 0.609. The molecule has 15 heavy (non-hydrogen) atoms. The Morgan fingerprint density at radius 3 is 2.47 bits per heavy atom. The third-order valence-corrected chi connectivity index (χ3v) is 7.56. The van der Waals surface area contributed by atoms with Gasteiger partial charge < -0.3 is 4.43 Å². The van der Waals surface area contributed by atoms with Gasteiger partial charge in [0.1, 0.15) is 0 Å². The number of hydrogen-bond acceptors (Lipinski definition) is 1. The van der Waals surface area contributed by atoms with Gasteiger partial charge in [0.25, 0.3) is 0 Å². The van der Waals surface area contributed by atoms with Crippen molar-refractivity contribution in [3.05, 3.63) is 35.4 Å². The van der Waals surface area contributed by atoms with Gasteiger partial charge in [0, 0.05) is 4.95 Å². The molecule has 0 aliphatic rings. The molecule has 0 fully saturated rings. The Kier molecular flexibility index (Phi) is 4.42. The lowest BCUT2D eigenvalue weighted by molar-refractivity contribution is 0.298. The molecular weight excluding hydrogens is 282 g/mol. The molecule has 0 aliphatic carbocycles. The first-order chi connectivity index (χ1) is 6.94. The lowest BCUT2D eigenvalue weighted by Gasteiger charge is -2.19. The fourth-order valence-electron chi connectivity index (χ4n) is 0.947. The summed E-state index contributed by atoms with van der Waals surface area (Å²) in [5.41, 5.74) is 0.662. The molecule has 1 rings (SSSR count). The van der Waals surface area contributed by atoms with Crippen molar-refractivity contribution in [3.63, 3.8) is 0 Å². The van der Waals surface area contributed by atoms with Crippen LogP contribution < -0.4 is 0 Å². The van der Waals surface area contributed by atoms with Crippen molar-refractivity contribution in [2.45, 2.75) is 19.7 Å². The summed E-state index contributed by atoms with van der Waals surface area (Å²) in [6, 6.07) is 3.84. The van der Waals surface area contributed by atoms with Gasteiger partial charge in [-0.1, -0.05) is 22.0 Å². The van der Waals surface area contributed by atoms with Crippen LogP contribution in [0.2, 0.25) is 13.1 Å². The van der Waals surface area contributed by atoms with E-state index >= 15 is 0 Å². The molecule has 1 nitrogen and oxygen atoms in total. The van der Waals surface area contributed by atoms with Crippen molar-refractivity contribution in [2.24, 2.45) is 0 Å². The first-order valence-electron chi connectivity index (χ1n) is 4.58. The summed E-state index contributed by atoms with van der Waals surface area (Å²) in [4.78, 5) is 0.823. The van der Waals surface area contributed by atoms with Gasteiger partial charge in [0.2, 0.25) is 0 Å². The van der Waals surface area contributed by atoms with Crippen LogP contribution >= 0.6 is 15.9 Å². The molecule has 5 heteroatoms. The molecule has 84 valence electrons. The van der Waals surface area contributed by atoms with Gasteiger partial charge in [0.15, 0.2) is 20.0 Å². The standard InChI is InChI=1S/C10H13BrF2OSi/c1-15(2,7-11)14-6-8-3-4-9(12)10(13)5-8/h3-5H,6-7H2,1-2H3. The largest absolute Gasteiger partial charge is 0.412 e. The number of alkyl halides is 1. The predicted octanol–water partition coefficient (Wildman–Crippen LogP) is 3.62. The Morgan fingerprint density at radius 2 is 1.93 bits per heavy atom. The number of rotatable bonds is 4. The maximum absolute atomic E-state index is 12.9. The van der Waals surface area contributed by atoms with Crippen LogP contribution in [0.5, 0.6) is 0 Å². The van der Waals surface area contributed by atoms with E-state index in [2.05, 4.69) is 29.0 Å². The summed E-state index contributed by atoms with van der Waals surface area (Å²) >= 11 is 3.37. The summed E-state index contributed by atoms with van der Waals surface area (Å²) in [5, 5.41) is 0. The highest BCUT2D eigenvalue weighted by Crippen LogP contribution is 2.14. The lowest BCUT2D eigenvalue weighted by Crippen LogP contribution is -2.32. The van der Waals surface area contributed by atoms with E-state index in [-0.39, 0.29) is 0 Å². The van der Waals surface area contributed by atoms with Crippen LogP contribution in [0.4, 0.5) is 8.78 Å². The van der Waals surface area contributed by atoms with Crippen molar-refractivity contribution < 1.29 is 13.2 Å². The zero-order valence-corrected chi connectivity index (χ0v) is 11.3. The Labute approximate surface area is 97.7 Å². The van der Waals surface area contributed by atoms with Crippen LogP contribution in [0.1, 0.15) is 5.56 Å². The average Bonchev–Trinajstić information content (AvgIpc) is 2.20. The van der Waals surface area contributed by atoms with E-state index in [1.54, 1.807) is 0 Å². The van der Waals surface area contributed by atoms with Gasteiger partial charge in [-0.3, -0.25) is 0 Å². The second kappa shape index (κ2) is 5.18. The van der Waals surface area contributed by atoms with Crippen molar-refractivity contribution in [1.29, 1.82) is 0 Å². The summed E-state index contributed by atoms with van der Waals surface area (Å²) < 4.78 is 31.1. The van der Waals surface area contributed by atoms with E-state index in [1.807, 2.05) is 0 Å². The molecule has 0 aliphatic heterocycles. The average molecular weight is 295 g/mol. The highest BCUT2D eigenvalue weighted by atomic mass is 79.9. The number of benzene rings is 1. The molecule has 0 amide bonds. The molecule has 0 N–H and O–H groups in total. The summed E-state index contributed by atoms with van der Waals surface area (Å²) in [5.74, 6) is -1.65. The Balaban J connectivity index is 2.62. The predicted molar refractivity (Wildman–Crippen MR) is 62.4 cm³/mol. The van der Waals surface area contributed by atoms with Crippen molar-refractivity contribution in [3.8, 4) is 0 Å². The number of halogens is 3.